The highest BCUT2D eigenvalue weighted by molar-refractivity contribution is 5.92. The molecule has 1 N–H and O–H groups in total. The molecule has 0 spiro atoms. The third-order valence-electron chi connectivity index (χ3n) is 5.38. The van der Waals surface area contributed by atoms with Gasteiger partial charge in [-0.15, -0.1) is 0 Å². The largest absolute Gasteiger partial charge is 0.378 e. The molecule has 2 fully saturated rings. The quantitative estimate of drug-likeness (QED) is 0.903. The number of amides is 1. The molecule has 0 aliphatic carbocycles. The Balaban J connectivity index is 1.43. The zero-order valence-electron chi connectivity index (χ0n) is 15.0. The number of ether oxygens (including phenoxy) is 1. The highest BCUT2D eigenvalue weighted by atomic mass is 16.5. The van der Waals surface area contributed by atoms with Gasteiger partial charge in [0, 0.05) is 63.1 Å². The number of pyridine rings is 1. The third kappa shape index (κ3) is 3.78. The zero-order chi connectivity index (χ0) is 17.9. The van der Waals surface area contributed by atoms with E-state index in [1.807, 2.05) is 30.1 Å². The van der Waals surface area contributed by atoms with Crippen molar-refractivity contribution in [3.63, 3.8) is 0 Å². The van der Waals surface area contributed by atoms with E-state index in [-0.39, 0.29) is 23.8 Å². The van der Waals surface area contributed by atoms with Gasteiger partial charge in [0.1, 0.15) is 0 Å². The Morgan fingerprint density at radius 3 is 3.08 bits per heavy atom. The topological polar surface area (TPSA) is 72.3 Å². The lowest BCUT2D eigenvalue weighted by Crippen LogP contribution is -2.52. The molecule has 138 valence electrons. The van der Waals surface area contributed by atoms with E-state index in [9.17, 15) is 4.79 Å². The van der Waals surface area contributed by atoms with Crippen LogP contribution in [0.4, 0.5) is 5.69 Å². The number of carbonyl (C=O) groups is 1. The molecule has 0 unspecified atom stereocenters. The van der Waals surface area contributed by atoms with Gasteiger partial charge in [-0.2, -0.15) is 5.10 Å². The van der Waals surface area contributed by atoms with Crippen LogP contribution in [-0.4, -0.2) is 51.4 Å². The maximum Gasteiger partial charge on any atom is 0.228 e. The second-order valence-electron chi connectivity index (χ2n) is 7.25. The molecule has 1 amide bonds. The Kier molecular flexibility index (Phi) is 4.99. The van der Waals surface area contributed by atoms with Crippen molar-refractivity contribution in [2.75, 3.05) is 25.0 Å². The smallest absolute Gasteiger partial charge is 0.228 e. The second kappa shape index (κ2) is 7.55. The molecule has 0 saturated carbocycles. The maximum absolute atomic E-state index is 12.9. The number of aromatic nitrogens is 3. The summed E-state index contributed by atoms with van der Waals surface area (Å²) < 4.78 is 7.81. The molecule has 0 aromatic carbocycles. The van der Waals surface area contributed by atoms with Gasteiger partial charge in [0.25, 0.3) is 0 Å². The number of nitrogens with zero attached hydrogens (tertiary/aromatic N) is 4. The van der Waals surface area contributed by atoms with E-state index in [0.29, 0.717) is 6.61 Å². The zero-order valence-corrected chi connectivity index (χ0v) is 15.0. The van der Waals surface area contributed by atoms with Gasteiger partial charge >= 0.3 is 0 Å². The van der Waals surface area contributed by atoms with Crippen LogP contribution in [0.15, 0.2) is 36.9 Å². The SMILES string of the molecule is Cn1cc(CN2CC[C@@H]3OCC[C@H](C(=O)Nc4cccnc4)[C@H]3C2)cn1. The van der Waals surface area contributed by atoms with Crippen LogP contribution in [0, 0.1) is 11.8 Å². The van der Waals surface area contributed by atoms with Gasteiger partial charge in [-0.1, -0.05) is 0 Å². The summed E-state index contributed by atoms with van der Waals surface area (Å²) in [5.74, 6) is 0.288. The molecule has 2 aromatic rings. The molecule has 4 heterocycles. The molecule has 0 bridgehead atoms. The fraction of sp³-hybridized carbons (Fsp3) is 0.526. The van der Waals surface area contributed by atoms with Crippen molar-refractivity contribution < 1.29 is 9.53 Å². The Hall–Kier alpha value is -2.25. The van der Waals surface area contributed by atoms with Gasteiger partial charge in [0.2, 0.25) is 5.91 Å². The lowest BCUT2D eigenvalue weighted by Gasteiger charge is -2.44. The third-order valence-corrected chi connectivity index (χ3v) is 5.38. The van der Waals surface area contributed by atoms with Crippen LogP contribution < -0.4 is 5.32 Å². The Morgan fingerprint density at radius 2 is 2.31 bits per heavy atom. The van der Waals surface area contributed by atoms with E-state index in [4.69, 9.17) is 4.74 Å². The molecule has 2 aliphatic heterocycles. The van der Waals surface area contributed by atoms with Gasteiger partial charge in [0.15, 0.2) is 0 Å². The minimum atomic E-state index is -0.0225. The van der Waals surface area contributed by atoms with Crippen LogP contribution in [0.5, 0.6) is 0 Å². The first-order valence-electron chi connectivity index (χ1n) is 9.21. The second-order valence-corrected chi connectivity index (χ2v) is 7.25. The first kappa shape index (κ1) is 17.2. The normalized spacial score (nSPS) is 26.3. The van der Waals surface area contributed by atoms with Crippen LogP contribution in [0.3, 0.4) is 0 Å². The summed E-state index contributed by atoms with van der Waals surface area (Å²) in [4.78, 5) is 19.3. The van der Waals surface area contributed by atoms with Crippen LogP contribution >= 0.6 is 0 Å². The van der Waals surface area contributed by atoms with E-state index in [1.165, 1.54) is 5.56 Å². The molecule has 2 aliphatic rings. The van der Waals surface area contributed by atoms with Crippen LogP contribution in [0.25, 0.3) is 0 Å². The molecule has 7 heteroatoms. The predicted octanol–water partition coefficient (Wildman–Crippen LogP) is 1.68. The average molecular weight is 355 g/mol. The number of rotatable bonds is 4. The molecule has 2 aromatic heterocycles. The van der Waals surface area contributed by atoms with Crippen LogP contribution in [0.2, 0.25) is 0 Å². The lowest BCUT2D eigenvalue weighted by molar-refractivity contribution is -0.137. The number of likely N-dealkylation sites (tertiary alicyclic amines) is 1. The number of anilines is 1. The molecule has 0 radical (unpaired) electrons. The summed E-state index contributed by atoms with van der Waals surface area (Å²) in [6.07, 6.45) is 9.28. The van der Waals surface area contributed by atoms with Crippen LogP contribution in [-0.2, 0) is 23.1 Å². The number of carbonyl (C=O) groups excluding carboxylic acids is 1. The molecular weight excluding hydrogens is 330 g/mol. The Morgan fingerprint density at radius 1 is 1.38 bits per heavy atom. The van der Waals surface area contributed by atoms with Crippen molar-refractivity contribution in [1.82, 2.24) is 19.7 Å². The summed E-state index contributed by atoms with van der Waals surface area (Å²) in [5, 5.41) is 7.27. The lowest BCUT2D eigenvalue weighted by atomic mass is 9.79. The fourth-order valence-electron chi connectivity index (χ4n) is 4.14. The number of piperidine rings is 1. The predicted molar refractivity (Wildman–Crippen MR) is 97.3 cm³/mol. The Bertz CT molecular complexity index is 747. The number of hydrogen-bond acceptors (Lipinski definition) is 5. The summed E-state index contributed by atoms with van der Waals surface area (Å²) in [5.41, 5.74) is 1.96. The summed E-state index contributed by atoms with van der Waals surface area (Å²) >= 11 is 0. The van der Waals surface area contributed by atoms with Crippen molar-refractivity contribution in [2.24, 2.45) is 18.9 Å². The molecule has 2 saturated heterocycles. The minimum Gasteiger partial charge on any atom is -0.378 e. The molecule has 4 rings (SSSR count). The Labute approximate surface area is 153 Å². The summed E-state index contributed by atoms with van der Waals surface area (Å²) in [6.45, 7) is 3.40. The van der Waals surface area contributed by atoms with Crippen molar-refractivity contribution in [3.05, 3.63) is 42.5 Å². The van der Waals surface area contributed by atoms with E-state index in [1.54, 1.807) is 12.4 Å². The average Bonchev–Trinajstić information content (AvgIpc) is 3.06. The molecule has 7 nitrogen and oxygen atoms in total. The van der Waals surface area contributed by atoms with Gasteiger partial charge in [-0.3, -0.25) is 19.4 Å². The highest BCUT2D eigenvalue weighted by Crippen LogP contribution is 2.34. The minimum absolute atomic E-state index is 0.0225. The summed E-state index contributed by atoms with van der Waals surface area (Å²) in [6, 6.07) is 3.70. The van der Waals surface area contributed by atoms with Crippen molar-refractivity contribution in [2.45, 2.75) is 25.5 Å². The van der Waals surface area contributed by atoms with Gasteiger partial charge in [-0.25, -0.2) is 0 Å². The molecule has 26 heavy (non-hydrogen) atoms. The fourth-order valence-corrected chi connectivity index (χ4v) is 4.14. The van der Waals surface area contributed by atoms with Crippen molar-refractivity contribution in [3.8, 4) is 0 Å². The number of fused-ring (bicyclic) bond motifs is 1. The number of aryl methyl sites for hydroxylation is 1. The van der Waals surface area contributed by atoms with Crippen LogP contribution in [0.1, 0.15) is 18.4 Å². The van der Waals surface area contributed by atoms with E-state index in [2.05, 4.69) is 26.5 Å². The van der Waals surface area contributed by atoms with Crippen molar-refractivity contribution in [1.29, 1.82) is 0 Å². The monoisotopic (exact) mass is 355 g/mol. The summed E-state index contributed by atoms with van der Waals surface area (Å²) in [7, 11) is 1.93. The van der Waals surface area contributed by atoms with Gasteiger partial charge in [0.05, 0.1) is 24.2 Å². The molecule has 3 atom stereocenters. The van der Waals surface area contributed by atoms with Gasteiger partial charge in [-0.05, 0) is 25.0 Å². The number of nitrogens with one attached hydrogen (secondary N) is 1. The van der Waals surface area contributed by atoms with E-state index < -0.39 is 0 Å². The van der Waals surface area contributed by atoms with Crippen molar-refractivity contribution >= 4 is 11.6 Å². The van der Waals surface area contributed by atoms with Gasteiger partial charge < -0.3 is 10.1 Å². The van der Waals surface area contributed by atoms with E-state index >= 15 is 0 Å². The highest BCUT2D eigenvalue weighted by Gasteiger charge is 2.41. The first-order valence-corrected chi connectivity index (χ1v) is 9.21. The molecular formula is C19H25N5O2. The van der Waals surface area contributed by atoms with E-state index in [0.717, 1.165) is 38.2 Å². The standard InChI is InChI=1S/C19H25N5O2/c1-23-11-14(9-21-23)12-24-7-4-18-17(13-24)16(5-8-26-18)19(25)22-15-3-2-6-20-10-15/h2-3,6,9-11,16-18H,4-5,7-8,12-13H2,1H3,(H,22,25)/t16-,17+,18-/m0/s1. The first-order chi connectivity index (χ1) is 12.7. The maximum atomic E-state index is 12.9. The number of hydrogen-bond donors (Lipinski definition) is 1.